The summed E-state index contributed by atoms with van der Waals surface area (Å²) in [5, 5.41) is 3.58. The topological polar surface area (TPSA) is 24.5 Å². The number of methoxy groups -OCH3 is 1. The van der Waals surface area contributed by atoms with Gasteiger partial charge in [0.2, 0.25) is 0 Å². The van der Waals surface area contributed by atoms with Crippen LogP contribution in [0.1, 0.15) is 46.5 Å². The summed E-state index contributed by atoms with van der Waals surface area (Å²) in [5.74, 6) is 0. The van der Waals surface area contributed by atoms with E-state index in [4.69, 9.17) is 4.74 Å². The van der Waals surface area contributed by atoms with Gasteiger partial charge in [-0.25, -0.2) is 0 Å². The maximum absolute atomic E-state index is 5.44. The summed E-state index contributed by atoms with van der Waals surface area (Å²) >= 11 is 0. The van der Waals surface area contributed by atoms with E-state index in [1.807, 2.05) is 7.11 Å². The highest BCUT2D eigenvalue weighted by Crippen LogP contribution is 2.17. The molecule has 0 spiro atoms. The molecule has 0 amide bonds. The van der Waals surface area contributed by atoms with E-state index in [1.54, 1.807) is 0 Å². The van der Waals surface area contributed by atoms with Gasteiger partial charge in [0.1, 0.15) is 0 Å². The average molecular weight is 242 g/mol. The molecule has 1 rings (SSSR count). The van der Waals surface area contributed by atoms with Crippen LogP contribution >= 0.6 is 0 Å². The minimum absolute atomic E-state index is 0.492. The molecule has 0 aromatic carbocycles. The van der Waals surface area contributed by atoms with E-state index < -0.39 is 0 Å². The van der Waals surface area contributed by atoms with Crippen molar-refractivity contribution in [1.29, 1.82) is 0 Å². The largest absolute Gasteiger partial charge is 0.381 e. The van der Waals surface area contributed by atoms with Gasteiger partial charge in [-0.1, -0.05) is 27.2 Å². The average Bonchev–Trinajstić information content (AvgIpc) is 2.34. The highest BCUT2D eigenvalue weighted by molar-refractivity contribution is 4.80. The zero-order valence-corrected chi connectivity index (χ0v) is 12.0. The molecular weight excluding hydrogens is 212 g/mol. The van der Waals surface area contributed by atoms with Crippen molar-refractivity contribution in [2.45, 2.75) is 64.6 Å². The summed E-state index contributed by atoms with van der Waals surface area (Å²) in [5.41, 5.74) is 0. The molecule has 0 aliphatic carbocycles. The van der Waals surface area contributed by atoms with Crippen molar-refractivity contribution in [3.8, 4) is 0 Å². The molecule has 3 heteroatoms. The minimum atomic E-state index is 0.492. The van der Waals surface area contributed by atoms with Gasteiger partial charge in [0.05, 0.1) is 6.10 Å². The number of ether oxygens (including phenoxy) is 1. The highest BCUT2D eigenvalue weighted by atomic mass is 16.5. The Morgan fingerprint density at radius 3 is 2.41 bits per heavy atom. The Labute approximate surface area is 107 Å². The number of nitrogens with one attached hydrogen (secondary N) is 1. The predicted octanol–water partition coefficient (Wildman–Crippen LogP) is 2.26. The van der Waals surface area contributed by atoms with Gasteiger partial charge in [-0.3, -0.25) is 4.90 Å². The molecule has 1 aliphatic heterocycles. The molecule has 102 valence electrons. The van der Waals surface area contributed by atoms with E-state index in [9.17, 15) is 0 Å². The van der Waals surface area contributed by atoms with Crippen molar-refractivity contribution >= 4 is 0 Å². The Morgan fingerprint density at radius 2 is 1.94 bits per heavy atom. The number of piperidine rings is 1. The van der Waals surface area contributed by atoms with Crippen molar-refractivity contribution in [2.24, 2.45) is 0 Å². The van der Waals surface area contributed by atoms with E-state index in [0.717, 1.165) is 6.54 Å². The maximum atomic E-state index is 5.44. The maximum Gasteiger partial charge on any atom is 0.0595 e. The smallest absolute Gasteiger partial charge is 0.0595 e. The molecule has 1 heterocycles. The third-order valence-corrected chi connectivity index (χ3v) is 3.71. The minimum Gasteiger partial charge on any atom is -0.381 e. The lowest BCUT2D eigenvalue weighted by Crippen LogP contribution is -2.48. The van der Waals surface area contributed by atoms with Crippen molar-refractivity contribution in [3.05, 3.63) is 0 Å². The van der Waals surface area contributed by atoms with Gasteiger partial charge in [-0.2, -0.15) is 0 Å². The van der Waals surface area contributed by atoms with Crippen LogP contribution in [0.4, 0.5) is 0 Å². The Hall–Kier alpha value is -0.120. The first-order chi connectivity index (χ1) is 8.17. The second-order valence-electron chi connectivity index (χ2n) is 5.48. The lowest BCUT2D eigenvalue weighted by molar-refractivity contribution is 0.0254. The van der Waals surface area contributed by atoms with Crippen LogP contribution in [0, 0.1) is 0 Å². The second kappa shape index (κ2) is 8.06. The first-order valence-corrected chi connectivity index (χ1v) is 7.17. The Bertz CT molecular complexity index is 189. The van der Waals surface area contributed by atoms with Crippen LogP contribution in [0.25, 0.3) is 0 Å². The van der Waals surface area contributed by atoms with Crippen LogP contribution in [0.2, 0.25) is 0 Å². The SMILES string of the molecule is CCCC(CNC(C)C)N1CCC(OC)CC1. The number of hydrogen-bond acceptors (Lipinski definition) is 3. The standard InChI is InChI=1S/C14H30N2O/c1-5-6-13(11-15-12(2)3)16-9-7-14(17-4)8-10-16/h12-15H,5-11H2,1-4H3. The Balaban J connectivity index is 2.36. The lowest BCUT2D eigenvalue weighted by Gasteiger charge is -2.37. The molecule has 0 saturated carbocycles. The van der Waals surface area contributed by atoms with Gasteiger partial charge in [0.25, 0.3) is 0 Å². The molecular formula is C14H30N2O. The molecule has 1 saturated heterocycles. The fourth-order valence-corrected chi connectivity index (χ4v) is 2.60. The molecule has 1 fully saturated rings. The van der Waals surface area contributed by atoms with Crippen LogP contribution in [-0.4, -0.2) is 49.8 Å². The van der Waals surface area contributed by atoms with Gasteiger partial charge in [0, 0.05) is 38.8 Å². The van der Waals surface area contributed by atoms with Gasteiger partial charge >= 0.3 is 0 Å². The lowest BCUT2D eigenvalue weighted by atomic mass is 10.0. The summed E-state index contributed by atoms with van der Waals surface area (Å²) in [6, 6.07) is 1.30. The fourth-order valence-electron chi connectivity index (χ4n) is 2.60. The van der Waals surface area contributed by atoms with Crippen LogP contribution in [0.15, 0.2) is 0 Å². The Morgan fingerprint density at radius 1 is 1.29 bits per heavy atom. The molecule has 1 unspecified atom stereocenters. The first-order valence-electron chi connectivity index (χ1n) is 7.17. The second-order valence-corrected chi connectivity index (χ2v) is 5.48. The van der Waals surface area contributed by atoms with Gasteiger partial charge in [-0.05, 0) is 19.3 Å². The quantitative estimate of drug-likeness (QED) is 0.741. The van der Waals surface area contributed by atoms with Crippen LogP contribution in [0.3, 0.4) is 0 Å². The number of hydrogen-bond donors (Lipinski definition) is 1. The van der Waals surface area contributed by atoms with Crippen molar-refractivity contribution in [3.63, 3.8) is 0 Å². The zero-order valence-electron chi connectivity index (χ0n) is 12.0. The third kappa shape index (κ3) is 5.36. The third-order valence-electron chi connectivity index (χ3n) is 3.71. The Kier molecular flexibility index (Phi) is 7.09. The van der Waals surface area contributed by atoms with E-state index in [0.29, 0.717) is 18.2 Å². The van der Waals surface area contributed by atoms with Crippen LogP contribution in [0.5, 0.6) is 0 Å². The van der Waals surface area contributed by atoms with Crippen molar-refractivity contribution in [2.75, 3.05) is 26.7 Å². The van der Waals surface area contributed by atoms with Gasteiger partial charge in [-0.15, -0.1) is 0 Å². The summed E-state index contributed by atoms with van der Waals surface area (Å²) < 4.78 is 5.44. The summed E-state index contributed by atoms with van der Waals surface area (Å²) in [7, 11) is 1.84. The number of rotatable bonds is 7. The van der Waals surface area contributed by atoms with Crippen LogP contribution in [-0.2, 0) is 4.74 Å². The fraction of sp³-hybridized carbons (Fsp3) is 1.00. The predicted molar refractivity (Wildman–Crippen MR) is 73.4 cm³/mol. The molecule has 0 bridgehead atoms. The molecule has 0 aromatic heterocycles. The monoisotopic (exact) mass is 242 g/mol. The van der Waals surface area contributed by atoms with E-state index in [-0.39, 0.29) is 0 Å². The number of likely N-dealkylation sites (tertiary alicyclic amines) is 1. The molecule has 3 nitrogen and oxygen atoms in total. The molecule has 0 aromatic rings. The highest BCUT2D eigenvalue weighted by Gasteiger charge is 2.24. The summed E-state index contributed by atoms with van der Waals surface area (Å²) in [6.45, 7) is 10.2. The van der Waals surface area contributed by atoms with Crippen molar-refractivity contribution in [1.82, 2.24) is 10.2 Å². The number of nitrogens with zero attached hydrogens (tertiary/aromatic N) is 1. The molecule has 0 radical (unpaired) electrons. The summed E-state index contributed by atoms with van der Waals surface area (Å²) in [6.07, 6.45) is 5.45. The first kappa shape index (κ1) is 14.9. The molecule has 1 N–H and O–H groups in total. The zero-order chi connectivity index (χ0) is 12.7. The van der Waals surface area contributed by atoms with E-state index in [1.165, 1.54) is 38.8 Å². The molecule has 1 atom stereocenters. The van der Waals surface area contributed by atoms with Crippen LogP contribution < -0.4 is 5.32 Å². The van der Waals surface area contributed by atoms with Crippen molar-refractivity contribution < 1.29 is 4.74 Å². The van der Waals surface area contributed by atoms with Gasteiger partial charge in [0.15, 0.2) is 0 Å². The molecule has 1 aliphatic rings. The normalized spacial score (nSPS) is 21.0. The van der Waals surface area contributed by atoms with E-state index in [2.05, 4.69) is 31.0 Å². The summed E-state index contributed by atoms with van der Waals surface area (Å²) in [4.78, 5) is 2.65. The molecule has 17 heavy (non-hydrogen) atoms. The van der Waals surface area contributed by atoms with E-state index >= 15 is 0 Å². The van der Waals surface area contributed by atoms with Gasteiger partial charge < -0.3 is 10.1 Å².